The Balaban J connectivity index is 0.00000225. The van der Waals surface area contributed by atoms with Crippen molar-refractivity contribution in [1.29, 1.82) is 0 Å². The molecule has 146 valence electrons. The second-order valence-corrected chi connectivity index (χ2v) is 8.42. The van der Waals surface area contributed by atoms with Crippen molar-refractivity contribution in [1.82, 2.24) is 9.88 Å². The summed E-state index contributed by atoms with van der Waals surface area (Å²) in [4.78, 5) is 20.8. The van der Waals surface area contributed by atoms with Crippen LogP contribution in [0.2, 0.25) is 0 Å². The van der Waals surface area contributed by atoms with E-state index in [1.165, 1.54) is 11.3 Å². The molecular formula is C22H24ClN3OS. The van der Waals surface area contributed by atoms with Crippen molar-refractivity contribution in [3.8, 4) is 21.8 Å². The highest BCUT2D eigenvalue weighted by Gasteiger charge is 2.36. The summed E-state index contributed by atoms with van der Waals surface area (Å²) in [7, 11) is 0. The highest BCUT2D eigenvalue weighted by atomic mass is 35.5. The summed E-state index contributed by atoms with van der Waals surface area (Å²) in [5.41, 5.74) is 8.71. The fourth-order valence-corrected chi connectivity index (χ4v) is 4.53. The zero-order valence-electron chi connectivity index (χ0n) is 15.8. The SMILES string of the molecule is CC1(CN)CCN(C(=O)c2sc(-c3ccccc3)nc2-c2ccccc2)C1.Cl. The summed E-state index contributed by atoms with van der Waals surface area (Å²) < 4.78 is 0. The van der Waals surface area contributed by atoms with Gasteiger partial charge in [-0.15, -0.1) is 23.7 Å². The van der Waals surface area contributed by atoms with Crippen molar-refractivity contribution in [3.63, 3.8) is 0 Å². The molecule has 0 saturated carbocycles. The van der Waals surface area contributed by atoms with Gasteiger partial charge in [0.15, 0.2) is 0 Å². The van der Waals surface area contributed by atoms with Crippen LogP contribution in [0.3, 0.4) is 0 Å². The van der Waals surface area contributed by atoms with Gasteiger partial charge < -0.3 is 10.6 Å². The average molecular weight is 414 g/mol. The first-order chi connectivity index (χ1) is 13.1. The summed E-state index contributed by atoms with van der Waals surface area (Å²) in [5.74, 6) is 0.0608. The van der Waals surface area contributed by atoms with Gasteiger partial charge in [-0.25, -0.2) is 4.98 Å². The van der Waals surface area contributed by atoms with E-state index in [1.54, 1.807) is 0 Å². The molecule has 2 heterocycles. The minimum Gasteiger partial charge on any atom is -0.337 e. The van der Waals surface area contributed by atoms with Crippen molar-refractivity contribution in [3.05, 3.63) is 65.5 Å². The van der Waals surface area contributed by atoms with E-state index in [4.69, 9.17) is 10.7 Å². The predicted octanol–water partition coefficient (Wildman–Crippen LogP) is 4.71. The van der Waals surface area contributed by atoms with Crippen LogP contribution < -0.4 is 5.73 Å². The summed E-state index contributed by atoms with van der Waals surface area (Å²) in [6, 6.07) is 20.0. The Labute approximate surface area is 175 Å². The van der Waals surface area contributed by atoms with Crippen LogP contribution in [0.4, 0.5) is 0 Å². The molecule has 1 atom stereocenters. The number of carbonyl (C=O) groups excluding carboxylic acids is 1. The molecule has 3 aromatic rings. The number of amides is 1. The fourth-order valence-electron chi connectivity index (χ4n) is 3.47. The number of hydrogen-bond acceptors (Lipinski definition) is 4. The lowest BCUT2D eigenvalue weighted by Crippen LogP contribution is -2.34. The number of likely N-dealkylation sites (tertiary alicyclic amines) is 1. The lowest BCUT2D eigenvalue weighted by molar-refractivity contribution is 0.0782. The zero-order chi connectivity index (χ0) is 18.9. The molecule has 1 unspecified atom stereocenters. The molecule has 1 aromatic heterocycles. The van der Waals surface area contributed by atoms with Crippen LogP contribution in [0.15, 0.2) is 60.7 Å². The van der Waals surface area contributed by atoms with Crippen LogP contribution in [0, 0.1) is 5.41 Å². The van der Waals surface area contributed by atoms with Gasteiger partial charge in [-0.05, 0) is 18.4 Å². The number of benzene rings is 2. The van der Waals surface area contributed by atoms with E-state index in [1.807, 2.05) is 65.6 Å². The molecule has 0 bridgehead atoms. The first-order valence-electron chi connectivity index (χ1n) is 9.21. The summed E-state index contributed by atoms with van der Waals surface area (Å²) >= 11 is 1.48. The largest absolute Gasteiger partial charge is 0.337 e. The molecule has 0 spiro atoms. The van der Waals surface area contributed by atoms with E-state index < -0.39 is 0 Å². The van der Waals surface area contributed by atoms with Crippen LogP contribution in [-0.4, -0.2) is 35.4 Å². The number of aromatic nitrogens is 1. The van der Waals surface area contributed by atoms with E-state index in [0.29, 0.717) is 18.0 Å². The Hall–Kier alpha value is -2.21. The quantitative estimate of drug-likeness (QED) is 0.673. The predicted molar refractivity (Wildman–Crippen MR) is 118 cm³/mol. The third kappa shape index (κ3) is 3.97. The molecule has 0 aliphatic carbocycles. The average Bonchev–Trinajstić information content (AvgIpc) is 3.34. The molecule has 4 nitrogen and oxygen atoms in total. The number of nitrogens with two attached hydrogens (primary N) is 1. The first-order valence-corrected chi connectivity index (χ1v) is 10.0. The van der Waals surface area contributed by atoms with Gasteiger partial charge in [0.1, 0.15) is 9.88 Å². The van der Waals surface area contributed by atoms with E-state index in [0.717, 1.165) is 34.8 Å². The fraction of sp³-hybridized carbons (Fsp3) is 0.273. The van der Waals surface area contributed by atoms with E-state index in [-0.39, 0.29) is 23.7 Å². The van der Waals surface area contributed by atoms with E-state index in [9.17, 15) is 4.79 Å². The number of hydrogen-bond donors (Lipinski definition) is 1. The summed E-state index contributed by atoms with van der Waals surface area (Å²) in [5, 5.41) is 0.874. The summed E-state index contributed by atoms with van der Waals surface area (Å²) in [6.07, 6.45) is 0.945. The van der Waals surface area contributed by atoms with E-state index >= 15 is 0 Å². The Bertz CT molecular complexity index is 945. The standard InChI is InChI=1S/C22H23N3OS.ClH/c1-22(14-23)12-13-25(15-22)21(26)19-18(16-8-4-2-5-9-16)24-20(27-19)17-10-6-3-7-11-17;/h2-11H,12-15,23H2,1H3;1H. The van der Waals surface area contributed by atoms with Gasteiger partial charge in [0, 0.05) is 24.2 Å². The van der Waals surface area contributed by atoms with Crippen molar-refractivity contribution in [2.75, 3.05) is 19.6 Å². The van der Waals surface area contributed by atoms with Crippen molar-refractivity contribution in [2.45, 2.75) is 13.3 Å². The molecule has 1 fully saturated rings. The normalized spacial score (nSPS) is 18.7. The number of nitrogens with zero attached hydrogens (tertiary/aromatic N) is 2. The van der Waals surface area contributed by atoms with Gasteiger partial charge in [-0.1, -0.05) is 67.6 Å². The number of rotatable bonds is 4. The first kappa shape index (κ1) is 20.5. The lowest BCUT2D eigenvalue weighted by Gasteiger charge is -2.22. The maximum atomic E-state index is 13.3. The van der Waals surface area contributed by atoms with Crippen molar-refractivity contribution in [2.24, 2.45) is 11.1 Å². The zero-order valence-corrected chi connectivity index (χ0v) is 17.4. The third-order valence-corrected chi connectivity index (χ3v) is 6.32. The second-order valence-electron chi connectivity index (χ2n) is 7.42. The molecule has 1 saturated heterocycles. The molecule has 0 radical (unpaired) electrons. The third-order valence-electron chi connectivity index (χ3n) is 5.23. The molecule has 28 heavy (non-hydrogen) atoms. The van der Waals surface area contributed by atoms with Crippen LogP contribution in [0.1, 0.15) is 23.0 Å². The van der Waals surface area contributed by atoms with Gasteiger partial charge in [-0.2, -0.15) is 0 Å². The monoisotopic (exact) mass is 413 g/mol. The molecule has 1 aliphatic rings. The molecule has 4 rings (SSSR count). The smallest absolute Gasteiger partial charge is 0.266 e. The van der Waals surface area contributed by atoms with E-state index in [2.05, 4.69) is 6.92 Å². The van der Waals surface area contributed by atoms with Gasteiger partial charge in [0.2, 0.25) is 0 Å². The van der Waals surface area contributed by atoms with Gasteiger partial charge in [-0.3, -0.25) is 4.79 Å². The highest BCUT2D eigenvalue weighted by molar-refractivity contribution is 7.17. The summed E-state index contributed by atoms with van der Waals surface area (Å²) in [6.45, 7) is 4.20. The molecule has 1 aliphatic heterocycles. The van der Waals surface area contributed by atoms with Crippen molar-refractivity contribution < 1.29 is 4.79 Å². The van der Waals surface area contributed by atoms with Gasteiger partial charge in [0.25, 0.3) is 5.91 Å². The van der Waals surface area contributed by atoms with Crippen LogP contribution in [-0.2, 0) is 0 Å². The molecular weight excluding hydrogens is 390 g/mol. The number of thiazole rings is 1. The second kappa shape index (κ2) is 8.43. The number of halogens is 1. The molecule has 6 heteroatoms. The minimum absolute atomic E-state index is 0. The van der Waals surface area contributed by atoms with Crippen LogP contribution in [0.5, 0.6) is 0 Å². The van der Waals surface area contributed by atoms with Gasteiger partial charge in [0.05, 0.1) is 5.69 Å². The minimum atomic E-state index is 0. The Morgan fingerprint density at radius 3 is 2.29 bits per heavy atom. The van der Waals surface area contributed by atoms with Crippen LogP contribution >= 0.6 is 23.7 Å². The molecule has 2 N–H and O–H groups in total. The topological polar surface area (TPSA) is 59.2 Å². The Morgan fingerprint density at radius 2 is 1.71 bits per heavy atom. The highest BCUT2D eigenvalue weighted by Crippen LogP contribution is 2.37. The van der Waals surface area contributed by atoms with Crippen LogP contribution in [0.25, 0.3) is 21.8 Å². The molecule has 1 amide bonds. The lowest BCUT2D eigenvalue weighted by atomic mass is 9.90. The molecule has 2 aromatic carbocycles. The van der Waals surface area contributed by atoms with Gasteiger partial charge >= 0.3 is 0 Å². The maximum Gasteiger partial charge on any atom is 0.266 e. The Morgan fingerprint density at radius 1 is 1.11 bits per heavy atom. The Kier molecular flexibility index (Phi) is 6.18. The maximum absolute atomic E-state index is 13.3. The number of carbonyl (C=O) groups is 1. The van der Waals surface area contributed by atoms with Crippen molar-refractivity contribution >= 4 is 29.7 Å².